The summed E-state index contributed by atoms with van der Waals surface area (Å²) in [5.41, 5.74) is 5.98. The molecule has 120 valence electrons. The van der Waals surface area contributed by atoms with Gasteiger partial charge < -0.3 is 20.4 Å². The first-order chi connectivity index (χ1) is 9.38. The zero-order chi connectivity index (χ0) is 15.5. The molecular formula is C15H34N4O. The van der Waals surface area contributed by atoms with Crippen LogP contribution in [0.5, 0.6) is 0 Å². The number of carbonyl (C=O) groups excluding carboxylic acids is 1. The Hall–Kier alpha value is -0.650. The minimum atomic E-state index is -0.335. The van der Waals surface area contributed by atoms with E-state index in [-0.39, 0.29) is 11.9 Å². The van der Waals surface area contributed by atoms with Gasteiger partial charge in [-0.05, 0) is 60.5 Å². The van der Waals surface area contributed by atoms with Crippen molar-refractivity contribution < 1.29 is 4.79 Å². The Kier molecular flexibility index (Phi) is 10.7. The highest BCUT2D eigenvalue weighted by molar-refractivity contribution is 5.81. The predicted molar refractivity (Wildman–Crippen MR) is 85.8 cm³/mol. The lowest BCUT2D eigenvalue weighted by Crippen LogP contribution is -2.45. The van der Waals surface area contributed by atoms with E-state index in [9.17, 15) is 4.79 Å². The van der Waals surface area contributed by atoms with Gasteiger partial charge in [0, 0.05) is 13.1 Å². The van der Waals surface area contributed by atoms with Gasteiger partial charge in [0.15, 0.2) is 0 Å². The highest BCUT2D eigenvalue weighted by atomic mass is 16.2. The third-order valence-corrected chi connectivity index (χ3v) is 3.30. The quantitative estimate of drug-likeness (QED) is 0.612. The molecule has 0 aromatic carbocycles. The molecule has 0 saturated carbocycles. The lowest BCUT2D eigenvalue weighted by molar-refractivity contribution is -0.133. The molecule has 1 atom stereocenters. The fourth-order valence-electron chi connectivity index (χ4n) is 2.16. The van der Waals surface area contributed by atoms with E-state index in [1.54, 1.807) is 0 Å². The van der Waals surface area contributed by atoms with Crippen molar-refractivity contribution in [3.8, 4) is 0 Å². The zero-order valence-corrected chi connectivity index (χ0v) is 14.1. The monoisotopic (exact) mass is 286 g/mol. The maximum Gasteiger partial charge on any atom is 0.239 e. The second kappa shape index (κ2) is 11.1. The van der Waals surface area contributed by atoms with Gasteiger partial charge in [-0.2, -0.15) is 0 Å². The van der Waals surface area contributed by atoms with Crippen molar-refractivity contribution in [1.29, 1.82) is 0 Å². The molecule has 0 bridgehead atoms. The summed E-state index contributed by atoms with van der Waals surface area (Å²) < 4.78 is 0. The van der Waals surface area contributed by atoms with Crippen molar-refractivity contribution >= 4 is 5.91 Å². The number of hydrogen-bond donors (Lipinski definition) is 1. The van der Waals surface area contributed by atoms with Crippen LogP contribution in [-0.2, 0) is 4.79 Å². The van der Waals surface area contributed by atoms with Gasteiger partial charge in [0.25, 0.3) is 0 Å². The van der Waals surface area contributed by atoms with Crippen molar-refractivity contribution in [2.24, 2.45) is 5.73 Å². The first-order valence-electron chi connectivity index (χ1n) is 7.72. The highest BCUT2D eigenvalue weighted by Crippen LogP contribution is 2.03. The molecule has 1 amide bonds. The Morgan fingerprint density at radius 3 is 1.75 bits per heavy atom. The van der Waals surface area contributed by atoms with Crippen LogP contribution >= 0.6 is 0 Å². The summed E-state index contributed by atoms with van der Waals surface area (Å²) >= 11 is 0. The number of rotatable bonds is 11. The van der Waals surface area contributed by atoms with E-state index in [0.717, 1.165) is 51.9 Å². The summed E-state index contributed by atoms with van der Waals surface area (Å²) in [6.45, 7) is 5.68. The normalized spacial score (nSPS) is 13.0. The van der Waals surface area contributed by atoms with E-state index >= 15 is 0 Å². The molecule has 5 nitrogen and oxygen atoms in total. The van der Waals surface area contributed by atoms with E-state index in [2.05, 4.69) is 44.9 Å². The summed E-state index contributed by atoms with van der Waals surface area (Å²) in [7, 11) is 8.23. The molecule has 0 aliphatic carbocycles. The Bertz CT molecular complexity index is 242. The molecular weight excluding hydrogens is 252 g/mol. The van der Waals surface area contributed by atoms with E-state index in [1.165, 1.54) is 0 Å². The molecule has 0 radical (unpaired) electrons. The Morgan fingerprint density at radius 1 is 0.950 bits per heavy atom. The number of amides is 1. The minimum absolute atomic E-state index is 0.115. The molecule has 0 aliphatic rings. The summed E-state index contributed by atoms with van der Waals surface area (Å²) in [4.78, 5) is 18.6. The van der Waals surface area contributed by atoms with Crippen LogP contribution in [0.4, 0.5) is 0 Å². The van der Waals surface area contributed by atoms with Crippen LogP contribution in [0.1, 0.15) is 32.6 Å². The summed E-state index contributed by atoms with van der Waals surface area (Å²) in [5.74, 6) is 0.115. The second-order valence-corrected chi connectivity index (χ2v) is 6.03. The van der Waals surface area contributed by atoms with E-state index < -0.39 is 0 Å². The van der Waals surface area contributed by atoms with Crippen molar-refractivity contribution in [3.63, 3.8) is 0 Å². The molecule has 5 heteroatoms. The number of nitrogens with two attached hydrogens (primary N) is 1. The third-order valence-electron chi connectivity index (χ3n) is 3.30. The second-order valence-electron chi connectivity index (χ2n) is 6.03. The molecule has 0 spiro atoms. The minimum Gasteiger partial charge on any atom is -0.341 e. The molecule has 0 aliphatic heterocycles. The van der Waals surface area contributed by atoms with Crippen molar-refractivity contribution in [1.82, 2.24) is 14.7 Å². The van der Waals surface area contributed by atoms with Crippen LogP contribution in [0, 0.1) is 0 Å². The molecule has 0 rings (SSSR count). The maximum absolute atomic E-state index is 12.4. The van der Waals surface area contributed by atoms with E-state index in [1.807, 2.05) is 4.90 Å². The Morgan fingerprint density at radius 2 is 1.40 bits per heavy atom. The standard InChI is InChI=1S/C15H34N4O/c1-6-9-14(16)15(20)19(12-7-10-17(2)3)13-8-11-18(4)5/h14H,6-13,16H2,1-5H3/t14-/m1/s1. The largest absolute Gasteiger partial charge is 0.341 e. The molecule has 0 fully saturated rings. The lowest BCUT2D eigenvalue weighted by Gasteiger charge is -2.27. The van der Waals surface area contributed by atoms with Crippen LogP contribution in [0.3, 0.4) is 0 Å². The van der Waals surface area contributed by atoms with Crippen molar-refractivity contribution in [3.05, 3.63) is 0 Å². The third kappa shape index (κ3) is 9.28. The Balaban J connectivity index is 4.32. The molecule has 0 unspecified atom stereocenters. The van der Waals surface area contributed by atoms with Crippen LogP contribution in [0.25, 0.3) is 0 Å². The molecule has 2 N–H and O–H groups in total. The molecule has 0 aromatic rings. The lowest BCUT2D eigenvalue weighted by atomic mass is 10.1. The molecule has 20 heavy (non-hydrogen) atoms. The average Bonchev–Trinajstić information content (AvgIpc) is 2.35. The van der Waals surface area contributed by atoms with Crippen molar-refractivity contribution in [2.75, 3.05) is 54.4 Å². The molecule has 0 heterocycles. The van der Waals surface area contributed by atoms with Gasteiger partial charge in [-0.3, -0.25) is 4.79 Å². The fourth-order valence-corrected chi connectivity index (χ4v) is 2.16. The zero-order valence-electron chi connectivity index (χ0n) is 14.1. The van der Waals surface area contributed by atoms with Gasteiger partial charge in [-0.15, -0.1) is 0 Å². The summed E-state index contributed by atoms with van der Waals surface area (Å²) in [5, 5.41) is 0. The SMILES string of the molecule is CCC[C@@H](N)C(=O)N(CCCN(C)C)CCCN(C)C. The maximum atomic E-state index is 12.4. The summed E-state index contributed by atoms with van der Waals surface area (Å²) in [6, 6.07) is -0.335. The molecule has 0 aromatic heterocycles. The van der Waals surface area contributed by atoms with Crippen LogP contribution < -0.4 is 5.73 Å². The first-order valence-corrected chi connectivity index (χ1v) is 7.72. The topological polar surface area (TPSA) is 52.8 Å². The van der Waals surface area contributed by atoms with Crippen LogP contribution in [-0.4, -0.2) is 81.0 Å². The van der Waals surface area contributed by atoms with Crippen molar-refractivity contribution in [2.45, 2.75) is 38.6 Å². The fraction of sp³-hybridized carbons (Fsp3) is 0.933. The van der Waals surface area contributed by atoms with E-state index in [0.29, 0.717) is 0 Å². The van der Waals surface area contributed by atoms with E-state index in [4.69, 9.17) is 5.73 Å². The van der Waals surface area contributed by atoms with Gasteiger partial charge in [-0.1, -0.05) is 13.3 Å². The van der Waals surface area contributed by atoms with Crippen LogP contribution in [0.2, 0.25) is 0 Å². The average molecular weight is 286 g/mol. The van der Waals surface area contributed by atoms with Gasteiger partial charge in [0.05, 0.1) is 6.04 Å². The van der Waals surface area contributed by atoms with Gasteiger partial charge in [0.2, 0.25) is 5.91 Å². The first kappa shape index (κ1) is 19.4. The number of carbonyl (C=O) groups is 1. The van der Waals surface area contributed by atoms with Gasteiger partial charge in [-0.25, -0.2) is 0 Å². The number of nitrogens with zero attached hydrogens (tertiary/aromatic N) is 3. The highest BCUT2D eigenvalue weighted by Gasteiger charge is 2.19. The number of hydrogen-bond acceptors (Lipinski definition) is 4. The predicted octanol–water partition coefficient (Wildman–Crippen LogP) is 0.846. The van der Waals surface area contributed by atoms with Gasteiger partial charge in [0.1, 0.15) is 0 Å². The Labute approximate surface area is 125 Å². The van der Waals surface area contributed by atoms with Crippen LogP contribution in [0.15, 0.2) is 0 Å². The summed E-state index contributed by atoms with van der Waals surface area (Å²) in [6.07, 6.45) is 3.73. The smallest absolute Gasteiger partial charge is 0.239 e. The molecule has 0 saturated heterocycles. The van der Waals surface area contributed by atoms with Gasteiger partial charge >= 0.3 is 0 Å².